The lowest BCUT2D eigenvalue weighted by Gasteiger charge is -2.26. The van der Waals surface area contributed by atoms with Gasteiger partial charge in [0.25, 0.3) is 10.0 Å². The van der Waals surface area contributed by atoms with Crippen LogP contribution in [0.4, 0.5) is 24.5 Å². The molecule has 0 atom stereocenters. The number of rotatable bonds is 7. The van der Waals surface area contributed by atoms with E-state index in [9.17, 15) is 26.4 Å². The second kappa shape index (κ2) is 10.1. The van der Waals surface area contributed by atoms with Gasteiger partial charge in [-0.05, 0) is 61.0 Å². The number of halogens is 4. The number of carbonyl (C=O) groups excluding carboxylic acids is 1. The molecule has 0 aliphatic heterocycles. The molecule has 1 N–H and O–H groups in total. The molecular formula is C23H20BrF3N2O4S. The predicted molar refractivity (Wildman–Crippen MR) is 126 cm³/mol. The first-order chi connectivity index (χ1) is 15.9. The summed E-state index contributed by atoms with van der Waals surface area (Å²) in [7, 11) is -3.23. The molecule has 0 saturated carbocycles. The molecule has 0 fully saturated rings. The van der Waals surface area contributed by atoms with Gasteiger partial charge in [-0.25, -0.2) is 8.42 Å². The van der Waals surface area contributed by atoms with E-state index in [4.69, 9.17) is 4.74 Å². The zero-order chi connectivity index (χ0) is 25.1. The summed E-state index contributed by atoms with van der Waals surface area (Å²) in [6, 6.07) is 14.8. The van der Waals surface area contributed by atoms with Crippen LogP contribution in [-0.2, 0) is 21.0 Å². The molecule has 0 saturated heterocycles. The first-order valence-corrected chi connectivity index (χ1v) is 12.0. The summed E-state index contributed by atoms with van der Waals surface area (Å²) in [4.78, 5) is 12.5. The van der Waals surface area contributed by atoms with Crippen LogP contribution in [0.25, 0.3) is 0 Å². The molecule has 0 bridgehead atoms. The van der Waals surface area contributed by atoms with Gasteiger partial charge >= 0.3 is 6.18 Å². The standard InChI is InChI=1S/C23H20BrF3N2O4S/c1-15-9-10-20(33-2)21(11-15)34(31,32)29(19-8-3-5-16(12-19)23(25,26)27)14-22(30)28-18-7-4-6-17(24)13-18/h3-13H,14H2,1-2H3,(H,28,30). The monoisotopic (exact) mass is 556 g/mol. The Morgan fingerprint density at radius 3 is 2.41 bits per heavy atom. The zero-order valence-electron chi connectivity index (χ0n) is 18.1. The number of methoxy groups -OCH3 is 1. The SMILES string of the molecule is COc1ccc(C)cc1S(=O)(=O)N(CC(=O)Nc1cccc(Br)c1)c1cccc(C(F)(F)F)c1. The van der Waals surface area contributed by atoms with E-state index in [1.807, 2.05) is 0 Å². The minimum absolute atomic E-state index is 0.00465. The Morgan fingerprint density at radius 2 is 1.76 bits per heavy atom. The lowest BCUT2D eigenvalue weighted by Crippen LogP contribution is -2.38. The van der Waals surface area contributed by atoms with Crippen LogP contribution in [0.1, 0.15) is 11.1 Å². The molecular weight excluding hydrogens is 537 g/mol. The quantitative estimate of drug-likeness (QED) is 0.410. The molecule has 6 nitrogen and oxygen atoms in total. The van der Waals surface area contributed by atoms with Crippen molar-refractivity contribution in [2.24, 2.45) is 0 Å². The Bertz CT molecular complexity index is 1310. The number of aryl methyl sites for hydroxylation is 1. The lowest BCUT2D eigenvalue weighted by atomic mass is 10.2. The number of ether oxygens (including phenoxy) is 1. The van der Waals surface area contributed by atoms with Gasteiger partial charge in [0, 0.05) is 10.2 Å². The summed E-state index contributed by atoms with van der Waals surface area (Å²) in [5.41, 5.74) is -0.396. The number of hydrogen-bond donors (Lipinski definition) is 1. The lowest BCUT2D eigenvalue weighted by molar-refractivity contribution is -0.137. The second-order valence-corrected chi connectivity index (χ2v) is 10.0. The number of alkyl halides is 3. The van der Waals surface area contributed by atoms with Crippen LogP contribution in [0.5, 0.6) is 5.75 Å². The molecule has 180 valence electrons. The maximum absolute atomic E-state index is 13.6. The summed E-state index contributed by atoms with van der Waals surface area (Å²) in [6.45, 7) is 0.889. The summed E-state index contributed by atoms with van der Waals surface area (Å²) in [5.74, 6) is -0.749. The third kappa shape index (κ3) is 5.89. The zero-order valence-corrected chi connectivity index (χ0v) is 20.5. The fraction of sp³-hybridized carbons (Fsp3) is 0.174. The smallest absolute Gasteiger partial charge is 0.416 e. The van der Waals surface area contributed by atoms with Gasteiger partial charge in [-0.15, -0.1) is 0 Å². The van der Waals surface area contributed by atoms with Gasteiger partial charge < -0.3 is 10.1 Å². The average molecular weight is 557 g/mol. The van der Waals surface area contributed by atoms with E-state index in [2.05, 4.69) is 21.2 Å². The van der Waals surface area contributed by atoms with Gasteiger partial charge in [-0.1, -0.05) is 34.1 Å². The van der Waals surface area contributed by atoms with Crippen LogP contribution in [0.15, 0.2) is 76.1 Å². The van der Waals surface area contributed by atoms with Crippen molar-refractivity contribution in [3.05, 3.63) is 82.3 Å². The first-order valence-electron chi connectivity index (χ1n) is 9.82. The highest BCUT2D eigenvalue weighted by Gasteiger charge is 2.34. The van der Waals surface area contributed by atoms with Crippen molar-refractivity contribution in [3.8, 4) is 5.75 Å². The Balaban J connectivity index is 2.09. The van der Waals surface area contributed by atoms with E-state index in [1.54, 1.807) is 37.3 Å². The molecule has 1 amide bonds. The highest BCUT2D eigenvalue weighted by Crippen LogP contribution is 2.35. The molecule has 0 aliphatic carbocycles. The Hall–Kier alpha value is -3.05. The van der Waals surface area contributed by atoms with Crippen LogP contribution in [0, 0.1) is 6.92 Å². The normalized spacial score (nSPS) is 11.7. The van der Waals surface area contributed by atoms with Crippen molar-refractivity contribution in [2.45, 2.75) is 18.0 Å². The molecule has 3 rings (SSSR count). The highest BCUT2D eigenvalue weighted by atomic mass is 79.9. The maximum atomic E-state index is 13.6. The second-order valence-electron chi connectivity index (χ2n) is 7.27. The van der Waals surface area contributed by atoms with Crippen LogP contribution in [0.3, 0.4) is 0 Å². The Morgan fingerprint density at radius 1 is 1.06 bits per heavy atom. The van der Waals surface area contributed by atoms with E-state index < -0.39 is 34.2 Å². The molecule has 0 heterocycles. The molecule has 3 aromatic carbocycles. The summed E-state index contributed by atoms with van der Waals surface area (Å²) >= 11 is 3.27. The van der Waals surface area contributed by atoms with Crippen molar-refractivity contribution in [1.82, 2.24) is 0 Å². The van der Waals surface area contributed by atoms with Crippen LogP contribution in [0.2, 0.25) is 0 Å². The molecule has 11 heteroatoms. The van der Waals surface area contributed by atoms with Gasteiger partial charge in [0.2, 0.25) is 5.91 Å². The molecule has 0 spiro atoms. The Labute approximate surface area is 203 Å². The van der Waals surface area contributed by atoms with Crippen molar-refractivity contribution in [3.63, 3.8) is 0 Å². The van der Waals surface area contributed by atoms with Crippen LogP contribution < -0.4 is 14.4 Å². The van der Waals surface area contributed by atoms with E-state index >= 15 is 0 Å². The van der Waals surface area contributed by atoms with Gasteiger partial charge in [0.1, 0.15) is 17.2 Å². The van der Waals surface area contributed by atoms with E-state index in [-0.39, 0.29) is 16.3 Å². The van der Waals surface area contributed by atoms with Crippen molar-refractivity contribution < 1.29 is 31.1 Å². The summed E-state index contributed by atoms with van der Waals surface area (Å²) in [6.07, 6.45) is -4.70. The predicted octanol–water partition coefficient (Wildman–Crippen LogP) is 5.62. The van der Waals surface area contributed by atoms with Gasteiger partial charge in [-0.3, -0.25) is 9.10 Å². The number of nitrogens with zero attached hydrogens (tertiary/aromatic N) is 1. The fourth-order valence-corrected chi connectivity index (χ4v) is 5.21. The van der Waals surface area contributed by atoms with E-state index in [0.717, 1.165) is 12.1 Å². The molecule has 0 unspecified atom stereocenters. The topological polar surface area (TPSA) is 75.7 Å². The molecule has 0 aliphatic rings. The fourth-order valence-electron chi connectivity index (χ4n) is 3.15. The van der Waals surface area contributed by atoms with Crippen LogP contribution >= 0.6 is 15.9 Å². The first kappa shape index (κ1) is 25.6. The summed E-state index contributed by atoms with van der Waals surface area (Å²) < 4.78 is 73.8. The summed E-state index contributed by atoms with van der Waals surface area (Å²) in [5, 5.41) is 2.56. The van der Waals surface area contributed by atoms with Crippen LogP contribution in [-0.4, -0.2) is 28.0 Å². The number of anilines is 2. The number of benzene rings is 3. The number of sulfonamides is 1. The van der Waals surface area contributed by atoms with Gasteiger partial charge in [0.15, 0.2) is 0 Å². The third-order valence-corrected chi connectivity index (χ3v) is 7.03. The molecule has 3 aromatic rings. The van der Waals surface area contributed by atoms with Crippen molar-refractivity contribution in [1.29, 1.82) is 0 Å². The molecule has 0 radical (unpaired) electrons. The molecule has 34 heavy (non-hydrogen) atoms. The third-order valence-electron chi connectivity index (χ3n) is 4.74. The molecule has 0 aromatic heterocycles. The van der Waals surface area contributed by atoms with Crippen molar-refractivity contribution >= 4 is 43.2 Å². The van der Waals surface area contributed by atoms with Crippen molar-refractivity contribution in [2.75, 3.05) is 23.3 Å². The number of carbonyl (C=O) groups is 1. The van der Waals surface area contributed by atoms with Gasteiger partial charge in [-0.2, -0.15) is 13.2 Å². The minimum atomic E-state index is -4.70. The Kier molecular flexibility index (Phi) is 7.57. The van der Waals surface area contributed by atoms with E-state index in [0.29, 0.717) is 26.1 Å². The highest BCUT2D eigenvalue weighted by molar-refractivity contribution is 9.10. The minimum Gasteiger partial charge on any atom is -0.495 e. The average Bonchev–Trinajstić information content (AvgIpc) is 2.77. The maximum Gasteiger partial charge on any atom is 0.416 e. The van der Waals surface area contributed by atoms with Gasteiger partial charge in [0.05, 0.1) is 18.4 Å². The number of hydrogen-bond acceptors (Lipinski definition) is 4. The largest absolute Gasteiger partial charge is 0.495 e. The number of amides is 1. The number of nitrogens with one attached hydrogen (secondary N) is 1. The van der Waals surface area contributed by atoms with E-state index in [1.165, 1.54) is 25.3 Å².